The molecule has 1 N–H and O–H groups in total. The maximum atomic E-state index is 11.8. The third kappa shape index (κ3) is 2.66. The van der Waals surface area contributed by atoms with E-state index in [9.17, 15) is 4.79 Å². The second-order valence-electron chi connectivity index (χ2n) is 3.93. The number of tetrazole rings is 1. The largest absolute Gasteiger partial charge is 0.343 e. The van der Waals surface area contributed by atoms with Crippen molar-refractivity contribution >= 4 is 18.1 Å². The van der Waals surface area contributed by atoms with Gasteiger partial charge >= 0.3 is 0 Å². The maximum Gasteiger partial charge on any atom is 0.238 e. The Hall–Kier alpha value is -1.24. The van der Waals surface area contributed by atoms with E-state index in [2.05, 4.69) is 15.5 Å². The van der Waals surface area contributed by atoms with Crippen LogP contribution < -0.4 is 0 Å². The number of nitrogens with zero attached hydrogens (tertiary/aromatic N) is 4. The normalized spacial score (nSPS) is 16.4. The van der Waals surface area contributed by atoms with Crippen LogP contribution in [0.15, 0.2) is 0 Å². The molecule has 0 radical (unpaired) electrons. The van der Waals surface area contributed by atoms with Crippen molar-refractivity contribution in [2.24, 2.45) is 0 Å². The molecule has 1 aromatic heterocycles. The summed E-state index contributed by atoms with van der Waals surface area (Å²) in [6, 6.07) is 0. The van der Waals surface area contributed by atoms with E-state index in [4.69, 9.17) is 12.2 Å². The first kappa shape index (κ1) is 11.3. The number of rotatable bonds is 3. The highest BCUT2D eigenvalue weighted by atomic mass is 32.1. The number of aryl methyl sites for hydroxylation is 1. The molecule has 1 aliphatic rings. The summed E-state index contributed by atoms with van der Waals surface area (Å²) in [5.74, 6) is 0.191. The monoisotopic (exact) mass is 241 g/mol. The fraction of sp³-hybridized carbons (Fsp3) is 0.778. The number of hydrogen-bond acceptors (Lipinski definition) is 4. The Morgan fingerprint density at radius 1 is 1.38 bits per heavy atom. The molecule has 0 aromatic carbocycles. The van der Waals surface area contributed by atoms with Crippen LogP contribution in [0, 0.1) is 4.77 Å². The van der Waals surface area contributed by atoms with E-state index >= 15 is 0 Å². The Labute approximate surface area is 98.6 Å². The first-order valence-electron chi connectivity index (χ1n) is 5.53. The molecule has 0 spiro atoms. The average Bonchev–Trinajstić information content (AvgIpc) is 2.73. The lowest BCUT2D eigenvalue weighted by Gasteiger charge is -2.26. The van der Waals surface area contributed by atoms with Crippen LogP contribution in [0.3, 0.4) is 0 Å². The van der Waals surface area contributed by atoms with Crippen LogP contribution in [-0.2, 0) is 11.3 Å². The Kier molecular flexibility index (Phi) is 3.66. The molecule has 1 saturated heterocycles. The Morgan fingerprint density at radius 2 is 2.12 bits per heavy atom. The number of hydrogen-bond donors (Lipinski definition) is 1. The molecule has 0 saturated carbocycles. The zero-order valence-corrected chi connectivity index (χ0v) is 9.87. The minimum Gasteiger partial charge on any atom is -0.343 e. The molecule has 1 aromatic rings. The van der Waals surface area contributed by atoms with Crippen molar-refractivity contribution in [3.63, 3.8) is 0 Å². The van der Waals surface area contributed by atoms with Gasteiger partial charge in [0.05, 0.1) is 6.54 Å². The van der Waals surface area contributed by atoms with Gasteiger partial charge in [0.25, 0.3) is 0 Å². The SMILES string of the molecule is O=C(CCn1[nH]nnc1=S)N1CCCCC1. The fourth-order valence-electron chi connectivity index (χ4n) is 1.87. The Morgan fingerprint density at radius 3 is 2.75 bits per heavy atom. The minimum atomic E-state index is 0.191. The van der Waals surface area contributed by atoms with Gasteiger partial charge in [0.2, 0.25) is 10.7 Å². The molecule has 6 nitrogen and oxygen atoms in total. The lowest BCUT2D eigenvalue weighted by molar-refractivity contribution is -0.132. The van der Waals surface area contributed by atoms with Crippen LogP contribution in [0.4, 0.5) is 0 Å². The summed E-state index contributed by atoms with van der Waals surface area (Å²) in [6.07, 6.45) is 3.94. The molecule has 0 bridgehead atoms. The summed E-state index contributed by atoms with van der Waals surface area (Å²) in [5.41, 5.74) is 0. The van der Waals surface area contributed by atoms with Crippen LogP contribution in [0.1, 0.15) is 25.7 Å². The number of likely N-dealkylation sites (tertiary alicyclic amines) is 1. The van der Waals surface area contributed by atoms with E-state index < -0.39 is 0 Å². The smallest absolute Gasteiger partial charge is 0.238 e. The molecular weight excluding hydrogens is 226 g/mol. The van der Waals surface area contributed by atoms with Gasteiger partial charge in [-0.15, -0.1) is 0 Å². The number of carbonyl (C=O) groups excluding carboxylic acids is 1. The van der Waals surface area contributed by atoms with E-state index in [-0.39, 0.29) is 5.91 Å². The Bertz CT molecular complexity index is 406. The van der Waals surface area contributed by atoms with Gasteiger partial charge in [-0.2, -0.15) is 5.21 Å². The number of aromatic amines is 1. The van der Waals surface area contributed by atoms with Crippen molar-refractivity contribution in [2.75, 3.05) is 13.1 Å². The molecular formula is C9H15N5OS. The van der Waals surface area contributed by atoms with Crippen LogP contribution in [0.2, 0.25) is 0 Å². The van der Waals surface area contributed by atoms with E-state index in [1.165, 1.54) is 6.42 Å². The van der Waals surface area contributed by atoms with Gasteiger partial charge in [0, 0.05) is 19.5 Å². The summed E-state index contributed by atoms with van der Waals surface area (Å²) in [5, 5.41) is 9.87. The molecule has 1 amide bonds. The molecule has 2 heterocycles. The van der Waals surface area contributed by atoms with Crippen molar-refractivity contribution in [1.82, 2.24) is 25.1 Å². The summed E-state index contributed by atoms with van der Waals surface area (Å²) in [7, 11) is 0. The number of piperidine rings is 1. The molecule has 88 valence electrons. The van der Waals surface area contributed by atoms with Crippen LogP contribution in [-0.4, -0.2) is 44.1 Å². The van der Waals surface area contributed by atoms with Gasteiger partial charge in [-0.25, -0.2) is 4.68 Å². The predicted molar refractivity (Wildman–Crippen MR) is 60.3 cm³/mol. The lowest BCUT2D eigenvalue weighted by Crippen LogP contribution is -2.36. The highest BCUT2D eigenvalue weighted by molar-refractivity contribution is 7.71. The number of H-pyrrole nitrogens is 1. The van der Waals surface area contributed by atoms with Crippen molar-refractivity contribution in [3.8, 4) is 0 Å². The molecule has 7 heteroatoms. The summed E-state index contributed by atoms with van der Waals surface area (Å²) < 4.78 is 2.00. The minimum absolute atomic E-state index is 0.191. The zero-order chi connectivity index (χ0) is 11.4. The lowest BCUT2D eigenvalue weighted by atomic mass is 10.1. The van der Waals surface area contributed by atoms with E-state index in [0.29, 0.717) is 17.7 Å². The molecule has 1 fully saturated rings. The van der Waals surface area contributed by atoms with Gasteiger partial charge in [-0.1, -0.05) is 10.3 Å². The number of carbonyl (C=O) groups is 1. The molecule has 2 rings (SSSR count). The highest BCUT2D eigenvalue weighted by Crippen LogP contribution is 2.10. The third-order valence-electron chi connectivity index (χ3n) is 2.79. The molecule has 0 atom stereocenters. The third-order valence-corrected chi connectivity index (χ3v) is 3.09. The second-order valence-corrected chi connectivity index (χ2v) is 4.29. The first-order chi connectivity index (χ1) is 7.77. The van der Waals surface area contributed by atoms with Crippen LogP contribution >= 0.6 is 12.2 Å². The molecule has 0 aliphatic carbocycles. The summed E-state index contributed by atoms with van der Waals surface area (Å²) >= 11 is 4.93. The van der Waals surface area contributed by atoms with E-state index in [1.807, 2.05) is 4.90 Å². The van der Waals surface area contributed by atoms with Crippen LogP contribution in [0.25, 0.3) is 0 Å². The standard InChI is InChI=1S/C9H15N5OS/c15-8(13-5-2-1-3-6-13)4-7-14-9(16)10-11-12-14/h1-7H2,(H,10,12,16). The number of nitrogens with one attached hydrogen (secondary N) is 1. The van der Waals surface area contributed by atoms with Gasteiger partial charge in [0.1, 0.15) is 0 Å². The molecule has 0 unspecified atom stereocenters. The average molecular weight is 241 g/mol. The van der Waals surface area contributed by atoms with Crippen molar-refractivity contribution < 1.29 is 4.79 Å². The quantitative estimate of drug-likeness (QED) is 0.793. The van der Waals surface area contributed by atoms with E-state index in [1.54, 1.807) is 4.68 Å². The predicted octanol–water partition coefficient (Wildman–Crippen LogP) is 0.738. The highest BCUT2D eigenvalue weighted by Gasteiger charge is 2.16. The summed E-state index contributed by atoms with van der Waals surface area (Å²) in [6.45, 7) is 2.32. The van der Waals surface area contributed by atoms with Crippen molar-refractivity contribution in [3.05, 3.63) is 4.77 Å². The fourth-order valence-corrected chi connectivity index (χ4v) is 2.04. The van der Waals surface area contributed by atoms with Crippen molar-refractivity contribution in [2.45, 2.75) is 32.2 Å². The second kappa shape index (κ2) is 5.20. The number of amides is 1. The molecule has 1 aliphatic heterocycles. The maximum absolute atomic E-state index is 11.8. The van der Waals surface area contributed by atoms with Gasteiger partial charge in [-0.05, 0) is 31.5 Å². The number of aromatic nitrogens is 4. The summed E-state index contributed by atoms with van der Waals surface area (Å²) in [4.78, 5) is 13.8. The molecule has 16 heavy (non-hydrogen) atoms. The first-order valence-corrected chi connectivity index (χ1v) is 5.94. The van der Waals surface area contributed by atoms with Gasteiger partial charge < -0.3 is 4.90 Å². The topological polar surface area (TPSA) is 66.8 Å². The van der Waals surface area contributed by atoms with Gasteiger partial charge in [-0.3, -0.25) is 4.79 Å². The van der Waals surface area contributed by atoms with Gasteiger partial charge in [0.15, 0.2) is 0 Å². The zero-order valence-electron chi connectivity index (χ0n) is 9.06. The van der Waals surface area contributed by atoms with Crippen LogP contribution in [0.5, 0.6) is 0 Å². The van der Waals surface area contributed by atoms with Crippen molar-refractivity contribution in [1.29, 1.82) is 0 Å². The van der Waals surface area contributed by atoms with E-state index in [0.717, 1.165) is 25.9 Å². The Balaban J connectivity index is 1.83.